The van der Waals surface area contributed by atoms with Gasteiger partial charge in [-0.05, 0) is 71.2 Å². The number of halogens is 1. The third kappa shape index (κ3) is 7.78. The molecule has 2 aliphatic rings. The van der Waals surface area contributed by atoms with Crippen molar-refractivity contribution in [2.75, 3.05) is 71.6 Å². The van der Waals surface area contributed by atoms with Crippen LogP contribution in [0, 0.1) is 5.82 Å². The van der Waals surface area contributed by atoms with Crippen molar-refractivity contribution in [2.24, 2.45) is 0 Å². The molecule has 10 nitrogen and oxygen atoms in total. The molecule has 2 aliphatic heterocycles. The van der Waals surface area contributed by atoms with Gasteiger partial charge in [-0.15, -0.1) is 0 Å². The van der Waals surface area contributed by atoms with Crippen LogP contribution in [0.3, 0.4) is 0 Å². The molecule has 5 aromatic rings. The van der Waals surface area contributed by atoms with Crippen LogP contribution in [-0.4, -0.2) is 105 Å². The second-order valence-electron chi connectivity index (χ2n) is 13.8. The molecule has 2 saturated heterocycles. The number of amides is 1. The summed E-state index contributed by atoms with van der Waals surface area (Å²) in [6.07, 6.45) is 1.82. The van der Waals surface area contributed by atoms with Crippen LogP contribution in [0.5, 0.6) is 0 Å². The largest absolute Gasteiger partial charge is 0.480 e. The number of anilines is 1. The minimum absolute atomic E-state index is 0.00497. The van der Waals surface area contributed by atoms with Gasteiger partial charge in [-0.2, -0.15) is 0 Å². The highest BCUT2D eigenvalue weighted by atomic mass is 19.1. The molecule has 0 spiro atoms. The molecule has 4 aromatic carbocycles. The van der Waals surface area contributed by atoms with E-state index in [4.69, 9.17) is 14.5 Å². The lowest BCUT2D eigenvalue weighted by Crippen LogP contribution is -2.43. The highest BCUT2D eigenvalue weighted by molar-refractivity contribution is 6.05. The van der Waals surface area contributed by atoms with Gasteiger partial charge < -0.3 is 29.7 Å². The van der Waals surface area contributed by atoms with Crippen LogP contribution in [-0.2, 0) is 33.8 Å². The number of hydrogen-bond acceptors (Lipinski definition) is 8. The standard InChI is InChI=1S/C41H44FN5O5/c1-45(2)25-27-9-10-33-29(21-27)11-12-43-39(33)35-8-4-6-32-28(5-3-7-34(32)35)23-37(41(49)50)44-40(48)38-30(26-46-13-17-51-18-14-46)22-31(24-36(38)42)47-15-19-52-20-16-47/h3-12,21-22,24,37H,13-20,23,25-26H2,1-2H3,(H,44,48)(H,49,50). The summed E-state index contributed by atoms with van der Waals surface area (Å²) >= 11 is 0. The maximum absolute atomic E-state index is 16.0. The van der Waals surface area contributed by atoms with E-state index in [-0.39, 0.29) is 12.0 Å². The Kier molecular flexibility index (Phi) is 10.7. The molecule has 1 amide bonds. The summed E-state index contributed by atoms with van der Waals surface area (Å²) in [5.74, 6) is -2.64. The van der Waals surface area contributed by atoms with Gasteiger partial charge in [-0.1, -0.05) is 48.5 Å². The van der Waals surface area contributed by atoms with E-state index in [1.54, 1.807) is 0 Å². The molecule has 0 bridgehead atoms. The number of pyridine rings is 1. The number of fused-ring (bicyclic) bond motifs is 2. The van der Waals surface area contributed by atoms with E-state index >= 15 is 4.39 Å². The Bertz CT molecular complexity index is 2090. The van der Waals surface area contributed by atoms with Crippen molar-refractivity contribution in [3.8, 4) is 11.3 Å². The summed E-state index contributed by atoms with van der Waals surface area (Å²) in [5.41, 5.74) is 4.77. The molecule has 7 rings (SSSR count). The number of morpholine rings is 2. The molecule has 3 heterocycles. The van der Waals surface area contributed by atoms with Gasteiger partial charge in [0.1, 0.15) is 11.9 Å². The SMILES string of the molecule is CN(C)Cc1ccc2c(-c3cccc4c(CC(NC(=O)c5c(F)cc(N6CCOCC6)cc5CN5CCOCC5)C(=O)O)cccc34)nccc2c1. The number of benzene rings is 4. The summed E-state index contributed by atoms with van der Waals surface area (Å²) in [7, 11) is 4.09. The van der Waals surface area contributed by atoms with Crippen molar-refractivity contribution in [1.82, 2.24) is 20.1 Å². The lowest BCUT2D eigenvalue weighted by Gasteiger charge is -2.31. The first-order valence-electron chi connectivity index (χ1n) is 17.8. The smallest absolute Gasteiger partial charge is 0.326 e. The molecular weight excluding hydrogens is 661 g/mol. The molecule has 1 aromatic heterocycles. The monoisotopic (exact) mass is 705 g/mol. The van der Waals surface area contributed by atoms with Crippen molar-refractivity contribution in [3.05, 3.63) is 107 Å². The molecule has 1 unspecified atom stereocenters. The maximum atomic E-state index is 16.0. The van der Waals surface area contributed by atoms with E-state index in [1.807, 2.05) is 73.7 Å². The van der Waals surface area contributed by atoms with Crippen molar-refractivity contribution >= 4 is 39.1 Å². The van der Waals surface area contributed by atoms with Crippen molar-refractivity contribution in [3.63, 3.8) is 0 Å². The second kappa shape index (κ2) is 15.7. The van der Waals surface area contributed by atoms with Crippen LogP contribution in [0.4, 0.5) is 10.1 Å². The van der Waals surface area contributed by atoms with Gasteiger partial charge in [-0.25, -0.2) is 9.18 Å². The summed E-state index contributed by atoms with van der Waals surface area (Å²) in [6, 6.07) is 22.0. The number of carbonyl (C=O) groups is 2. The fourth-order valence-electron chi connectivity index (χ4n) is 7.35. The van der Waals surface area contributed by atoms with Crippen molar-refractivity contribution in [2.45, 2.75) is 25.6 Å². The number of aromatic nitrogens is 1. The summed E-state index contributed by atoms with van der Waals surface area (Å²) in [5, 5.41) is 17.0. The molecular formula is C41H44FN5O5. The predicted octanol–water partition coefficient (Wildman–Crippen LogP) is 5.35. The average Bonchev–Trinajstić information content (AvgIpc) is 3.14. The number of carboxylic acids is 1. The fourth-order valence-corrected chi connectivity index (χ4v) is 7.35. The Labute approximate surface area is 302 Å². The molecule has 52 heavy (non-hydrogen) atoms. The fraction of sp³-hybridized carbons (Fsp3) is 0.341. The minimum atomic E-state index is -1.30. The van der Waals surface area contributed by atoms with Gasteiger partial charge in [-0.3, -0.25) is 14.7 Å². The minimum Gasteiger partial charge on any atom is -0.480 e. The highest BCUT2D eigenvalue weighted by Gasteiger charge is 2.28. The average molecular weight is 706 g/mol. The molecule has 0 radical (unpaired) electrons. The number of carboxylic acid groups (broad SMARTS) is 1. The number of ether oxygens (including phenoxy) is 2. The van der Waals surface area contributed by atoms with Crippen molar-refractivity contribution < 1.29 is 28.6 Å². The number of rotatable bonds is 11. The summed E-state index contributed by atoms with van der Waals surface area (Å²) < 4.78 is 27.0. The zero-order chi connectivity index (χ0) is 36.2. The van der Waals surface area contributed by atoms with Gasteiger partial charge in [0.15, 0.2) is 0 Å². The van der Waals surface area contributed by atoms with E-state index in [9.17, 15) is 14.7 Å². The Morgan fingerprint density at radius 1 is 0.885 bits per heavy atom. The van der Waals surface area contributed by atoms with E-state index in [0.717, 1.165) is 44.9 Å². The van der Waals surface area contributed by atoms with E-state index in [0.29, 0.717) is 70.4 Å². The molecule has 270 valence electrons. The van der Waals surface area contributed by atoms with Crippen molar-refractivity contribution in [1.29, 1.82) is 0 Å². The van der Waals surface area contributed by atoms with Gasteiger partial charge in [0.05, 0.1) is 37.7 Å². The molecule has 1 atom stereocenters. The molecule has 2 N–H and O–H groups in total. The molecule has 2 fully saturated rings. The van der Waals surface area contributed by atoms with Crippen LogP contribution in [0.2, 0.25) is 0 Å². The predicted molar refractivity (Wildman–Crippen MR) is 200 cm³/mol. The van der Waals surface area contributed by atoms with Crippen LogP contribution < -0.4 is 10.2 Å². The summed E-state index contributed by atoms with van der Waals surface area (Å²) in [6.45, 7) is 5.87. The molecule has 11 heteroatoms. The van der Waals surface area contributed by atoms with Gasteiger partial charge in [0, 0.05) is 68.5 Å². The third-order valence-corrected chi connectivity index (χ3v) is 9.88. The quantitative estimate of drug-likeness (QED) is 0.188. The van der Waals surface area contributed by atoms with E-state index in [2.05, 4.69) is 33.3 Å². The first-order chi connectivity index (χ1) is 25.2. The van der Waals surface area contributed by atoms with Gasteiger partial charge >= 0.3 is 5.97 Å². The number of hydrogen-bond donors (Lipinski definition) is 2. The van der Waals surface area contributed by atoms with Crippen LogP contribution in [0.1, 0.15) is 27.0 Å². The Morgan fingerprint density at radius 2 is 1.62 bits per heavy atom. The Hall–Kier alpha value is -4.94. The lowest BCUT2D eigenvalue weighted by molar-refractivity contribution is -0.139. The van der Waals surface area contributed by atoms with Crippen LogP contribution >= 0.6 is 0 Å². The lowest BCUT2D eigenvalue weighted by atomic mass is 9.93. The Morgan fingerprint density at radius 3 is 2.37 bits per heavy atom. The number of nitrogens with zero attached hydrogens (tertiary/aromatic N) is 4. The first-order valence-corrected chi connectivity index (χ1v) is 17.8. The Balaban J connectivity index is 1.19. The molecule has 0 aliphatic carbocycles. The van der Waals surface area contributed by atoms with E-state index < -0.39 is 23.7 Å². The first kappa shape index (κ1) is 35.5. The third-order valence-electron chi connectivity index (χ3n) is 9.88. The number of nitrogens with one attached hydrogen (secondary N) is 1. The topological polar surface area (TPSA) is 107 Å². The summed E-state index contributed by atoms with van der Waals surface area (Å²) in [4.78, 5) is 37.7. The zero-order valence-electron chi connectivity index (χ0n) is 29.6. The van der Waals surface area contributed by atoms with Gasteiger partial charge in [0.25, 0.3) is 5.91 Å². The van der Waals surface area contributed by atoms with Crippen LogP contribution in [0.25, 0.3) is 32.8 Å². The zero-order valence-corrected chi connectivity index (χ0v) is 29.6. The number of aliphatic carboxylic acids is 1. The van der Waals surface area contributed by atoms with Gasteiger partial charge in [0.2, 0.25) is 0 Å². The van der Waals surface area contributed by atoms with Crippen LogP contribution in [0.15, 0.2) is 79.0 Å². The second-order valence-corrected chi connectivity index (χ2v) is 13.8. The molecule has 0 saturated carbocycles. The maximum Gasteiger partial charge on any atom is 0.326 e. The highest BCUT2D eigenvalue weighted by Crippen LogP contribution is 2.34. The normalized spacial score (nSPS) is 16.0. The van der Waals surface area contributed by atoms with E-state index in [1.165, 1.54) is 11.6 Å². The number of carbonyl (C=O) groups excluding carboxylic acids is 1.